The van der Waals surface area contributed by atoms with E-state index in [0.29, 0.717) is 82.3 Å². The average Bonchev–Trinajstić information content (AvgIpc) is 3.42. The summed E-state index contributed by atoms with van der Waals surface area (Å²) in [7, 11) is -11.0. The predicted molar refractivity (Wildman–Crippen MR) is 300 cm³/mol. The minimum atomic E-state index is -6.08. The number of amides is 2. The third-order valence-corrected chi connectivity index (χ3v) is 19.0. The van der Waals surface area contributed by atoms with Gasteiger partial charge in [-0.05, 0) is 130 Å². The van der Waals surface area contributed by atoms with Gasteiger partial charge in [-0.3, -0.25) is 19.5 Å². The molecule has 2 atom stereocenters. The van der Waals surface area contributed by atoms with Crippen LogP contribution in [0, 0.1) is 5.41 Å². The van der Waals surface area contributed by atoms with Gasteiger partial charge in [0.25, 0.3) is 25.8 Å². The number of morpholine rings is 1. The summed E-state index contributed by atoms with van der Waals surface area (Å²) in [5.41, 5.74) is -1.95. The van der Waals surface area contributed by atoms with Gasteiger partial charge in [0.2, 0.25) is 0 Å². The molecule has 4 aromatic carbocycles. The first-order valence-electron chi connectivity index (χ1n) is 26.5. The average molecular weight is 1160 g/mol. The molecule has 3 aliphatic heterocycles. The van der Waals surface area contributed by atoms with Crippen molar-refractivity contribution in [3.05, 3.63) is 119 Å². The molecule has 2 N–H and O–H groups in total. The Morgan fingerprint density at radius 3 is 2.10 bits per heavy atom. The van der Waals surface area contributed by atoms with E-state index in [1.165, 1.54) is 40.6 Å². The number of nitrogens with zero attached hydrogens (tertiary/aromatic N) is 5. The van der Waals surface area contributed by atoms with E-state index >= 15 is 0 Å². The van der Waals surface area contributed by atoms with Crippen LogP contribution in [-0.4, -0.2) is 170 Å². The van der Waals surface area contributed by atoms with Crippen molar-refractivity contribution < 1.29 is 49.1 Å². The van der Waals surface area contributed by atoms with E-state index in [1.54, 1.807) is 17.0 Å². The maximum absolute atomic E-state index is 14.3. The highest BCUT2D eigenvalue weighted by atomic mass is 35.5. The van der Waals surface area contributed by atoms with Crippen LogP contribution in [0.5, 0.6) is 0 Å². The molecule has 22 heteroatoms. The van der Waals surface area contributed by atoms with Gasteiger partial charge in [-0.1, -0.05) is 54.4 Å². The second-order valence-corrected chi connectivity index (χ2v) is 27.0. The summed E-state index contributed by atoms with van der Waals surface area (Å²) in [6.07, 6.45) is 3.05. The Labute approximate surface area is 466 Å². The number of nitrogens with one attached hydrogen (secondary N) is 2. The number of alkyl halides is 3. The van der Waals surface area contributed by atoms with Crippen LogP contribution in [0.2, 0.25) is 5.02 Å². The van der Waals surface area contributed by atoms with Crippen molar-refractivity contribution in [2.24, 2.45) is 5.41 Å². The van der Waals surface area contributed by atoms with Crippen molar-refractivity contribution in [3.8, 4) is 0 Å². The van der Waals surface area contributed by atoms with Crippen LogP contribution in [-0.2, 0) is 29.3 Å². The fourth-order valence-corrected chi connectivity index (χ4v) is 13.6. The van der Waals surface area contributed by atoms with Crippen LogP contribution in [0.3, 0.4) is 0 Å². The van der Waals surface area contributed by atoms with Gasteiger partial charge in [0.15, 0.2) is 0 Å². The molecule has 8 rings (SSSR count). The zero-order valence-corrected chi connectivity index (χ0v) is 47.9. The lowest BCUT2D eigenvalue weighted by Gasteiger charge is -2.44. The molecule has 2 amide bonds. The lowest BCUT2D eigenvalue weighted by Crippen LogP contribution is -2.52. The van der Waals surface area contributed by atoms with E-state index in [4.69, 9.17) is 21.1 Å². The summed E-state index contributed by atoms with van der Waals surface area (Å²) < 4.78 is 110. The predicted octanol–water partition coefficient (Wildman–Crippen LogP) is 9.37. The van der Waals surface area contributed by atoms with Gasteiger partial charge in [0, 0.05) is 118 Å². The molecule has 0 spiro atoms. The van der Waals surface area contributed by atoms with Crippen molar-refractivity contribution in [2.45, 2.75) is 85.2 Å². The first kappa shape index (κ1) is 59.3. The van der Waals surface area contributed by atoms with Gasteiger partial charge >= 0.3 is 11.6 Å². The molecule has 1 aliphatic carbocycles. The Kier molecular flexibility index (Phi) is 19.2. The smallest absolute Gasteiger partial charge is 0.444 e. The minimum Gasteiger partial charge on any atom is -0.444 e. The third kappa shape index (κ3) is 15.7. The molecular weight excluding hydrogens is 1090 g/mol. The van der Waals surface area contributed by atoms with E-state index < -0.39 is 58.4 Å². The monoisotopic (exact) mass is 1160 g/mol. The largest absolute Gasteiger partial charge is 0.501 e. The van der Waals surface area contributed by atoms with E-state index in [1.807, 2.05) is 68.0 Å². The second-order valence-electron chi connectivity index (χ2n) is 21.9. The van der Waals surface area contributed by atoms with Crippen molar-refractivity contribution in [2.75, 3.05) is 114 Å². The standard InChI is InChI=1S/C56H71ClF3N7O8S3/c1-54(2,3)75-53(69)67-30-26-65(27-31-67)40-55(4)22-20-49(41-10-14-44(57)15-11-41)43(37-55)38-64-24-28-66(29-25-64)46-16-12-42(13-17-46)52(68)62-78(72,73)48-18-19-50(51(36-48)77(70,71)56(58,59)60)61-45(21-23-63-32-34-74-35-33-63)39-76-47-8-6-5-7-9-47/h5-19,36,45,61H,20-35,37-40H2,1-4H3,(H,62,68). The highest BCUT2D eigenvalue weighted by Gasteiger charge is 2.49. The summed E-state index contributed by atoms with van der Waals surface area (Å²) in [6, 6.07) is 25.7. The molecule has 2 unspecified atom stereocenters. The Balaban J connectivity index is 0.900. The van der Waals surface area contributed by atoms with Crippen LogP contribution in [0.1, 0.15) is 69.3 Å². The molecule has 15 nitrogen and oxygen atoms in total. The van der Waals surface area contributed by atoms with Gasteiger partial charge in [0.1, 0.15) is 10.5 Å². The second kappa shape index (κ2) is 25.3. The maximum atomic E-state index is 14.3. The number of sulfonamides is 1. The Hall–Kier alpha value is -4.87. The molecule has 0 aromatic heterocycles. The maximum Gasteiger partial charge on any atom is 0.501 e. The fourth-order valence-electron chi connectivity index (χ4n) is 10.5. The number of ether oxygens (including phenoxy) is 2. The van der Waals surface area contributed by atoms with Gasteiger partial charge in [0.05, 0.1) is 23.8 Å². The number of piperazine rings is 2. The number of benzene rings is 4. The first-order valence-corrected chi connectivity index (χ1v) is 30.8. The molecule has 0 radical (unpaired) electrons. The number of carbonyl (C=O) groups is 2. The van der Waals surface area contributed by atoms with Gasteiger partial charge in [-0.25, -0.2) is 26.4 Å². The number of carbonyl (C=O) groups excluding carboxylic acids is 2. The molecule has 4 aromatic rings. The minimum absolute atomic E-state index is 0.0201. The topological polar surface area (TPSA) is 161 Å². The third-order valence-electron chi connectivity index (χ3n) is 14.7. The van der Waals surface area contributed by atoms with E-state index in [9.17, 15) is 39.6 Å². The molecule has 424 valence electrons. The number of thioether (sulfide) groups is 1. The summed E-state index contributed by atoms with van der Waals surface area (Å²) in [4.78, 5) is 36.2. The number of hydrogen-bond acceptors (Lipinski definition) is 14. The van der Waals surface area contributed by atoms with Crippen LogP contribution >= 0.6 is 23.4 Å². The quantitative estimate of drug-likeness (QED) is 0.0907. The number of halogens is 4. The summed E-state index contributed by atoms with van der Waals surface area (Å²) >= 11 is 7.76. The van der Waals surface area contributed by atoms with Gasteiger partial charge < -0.3 is 24.6 Å². The summed E-state index contributed by atoms with van der Waals surface area (Å²) in [5.74, 6) is -0.681. The van der Waals surface area contributed by atoms with Crippen molar-refractivity contribution in [1.29, 1.82) is 0 Å². The van der Waals surface area contributed by atoms with E-state index in [-0.39, 0.29) is 17.1 Å². The zero-order chi connectivity index (χ0) is 55.9. The Bertz CT molecular complexity index is 2970. The van der Waals surface area contributed by atoms with Crippen LogP contribution < -0.4 is 14.9 Å². The van der Waals surface area contributed by atoms with Crippen LogP contribution in [0.15, 0.2) is 117 Å². The normalized spacial score (nSPS) is 20.1. The van der Waals surface area contributed by atoms with Crippen molar-refractivity contribution in [1.82, 2.24) is 24.3 Å². The molecule has 3 saturated heterocycles. The van der Waals surface area contributed by atoms with Crippen molar-refractivity contribution >= 4 is 72.2 Å². The molecule has 0 bridgehead atoms. The SMILES string of the molecule is CC1(CN2CCN(C(=O)OC(C)(C)C)CC2)CCC(c2ccc(Cl)cc2)=C(CN2CCN(c3ccc(C(=O)NS(=O)(=O)c4ccc(NC(CCN5CCOCC5)CSc5ccccc5)c(S(=O)(=O)C(F)(F)F)c4)cc3)CC2)C1. The fraction of sp³-hybridized carbons (Fsp3) is 0.500. The van der Waals surface area contributed by atoms with Crippen molar-refractivity contribution in [3.63, 3.8) is 0 Å². The number of sulfone groups is 1. The zero-order valence-electron chi connectivity index (χ0n) is 44.7. The highest BCUT2D eigenvalue weighted by molar-refractivity contribution is 7.99. The number of anilines is 2. The molecule has 0 saturated carbocycles. The highest BCUT2D eigenvalue weighted by Crippen LogP contribution is 2.44. The molecule has 3 fully saturated rings. The lowest BCUT2D eigenvalue weighted by molar-refractivity contribution is -0.0436. The molecular formula is C56H71ClF3N7O8S3. The number of hydrogen-bond donors (Lipinski definition) is 2. The van der Waals surface area contributed by atoms with Gasteiger partial charge in [-0.15, -0.1) is 11.8 Å². The Morgan fingerprint density at radius 2 is 1.46 bits per heavy atom. The molecule has 4 aliphatic rings. The lowest BCUT2D eigenvalue weighted by atomic mass is 9.71. The first-order chi connectivity index (χ1) is 36.9. The van der Waals surface area contributed by atoms with E-state index in [2.05, 4.69) is 44.0 Å². The molecule has 3 heterocycles. The van der Waals surface area contributed by atoms with Crippen LogP contribution in [0.4, 0.5) is 29.3 Å². The Morgan fingerprint density at radius 1 is 0.808 bits per heavy atom. The number of allylic oxidation sites excluding steroid dienone is 1. The number of rotatable bonds is 18. The van der Waals surface area contributed by atoms with Crippen LogP contribution in [0.25, 0.3) is 5.57 Å². The van der Waals surface area contributed by atoms with Gasteiger partial charge in [-0.2, -0.15) is 13.2 Å². The van der Waals surface area contributed by atoms with E-state index in [0.717, 1.165) is 81.2 Å². The molecule has 78 heavy (non-hydrogen) atoms. The summed E-state index contributed by atoms with van der Waals surface area (Å²) in [6.45, 7) is 18.4. The summed E-state index contributed by atoms with van der Waals surface area (Å²) in [5, 5.41) is 3.69.